The summed E-state index contributed by atoms with van der Waals surface area (Å²) >= 11 is 0. The summed E-state index contributed by atoms with van der Waals surface area (Å²) in [6.45, 7) is 2.40. The summed E-state index contributed by atoms with van der Waals surface area (Å²) in [7, 11) is 0. The third-order valence-electron chi connectivity index (χ3n) is 5.06. The first kappa shape index (κ1) is 19.8. The predicted molar refractivity (Wildman–Crippen MR) is 104 cm³/mol. The molecular formula is C21H24N2O5. The van der Waals surface area contributed by atoms with Crippen LogP contribution in [0.15, 0.2) is 42.5 Å². The molecular weight excluding hydrogens is 360 g/mol. The maximum atomic E-state index is 13.0. The van der Waals surface area contributed by atoms with E-state index in [-0.39, 0.29) is 30.5 Å². The van der Waals surface area contributed by atoms with Crippen LogP contribution in [0.1, 0.15) is 40.7 Å². The molecule has 0 spiro atoms. The number of aliphatic hydroxyl groups excluding tert-OH is 1. The number of carbonyl (C=O) groups excluding carboxylic acids is 1. The molecule has 7 heteroatoms. The molecule has 1 fully saturated rings. The summed E-state index contributed by atoms with van der Waals surface area (Å²) in [6, 6.07) is 12.1. The van der Waals surface area contributed by atoms with Crippen LogP contribution in [0.3, 0.4) is 0 Å². The number of benzene rings is 2. The van der Waals surface area contributed by atoms with Gasteiger partial charge in [-0.3, -0.25) is 14.9 Å². The quantitative estimate of drug-likeness (QED) is 0.608. The zero-order valence-corrected chi connectivity index (χ0v) is 15.8. The number of carbonyl (C=O) groups is 1. The van der Waals surface area contributed by atoms with Gasteiger partial charge in [-0.05, 0) is 43.4 Å². The summed E-state index contributed by atoms with van der Waals surface area (Å²) in [5.74, 6) is -0.0346. The Morgan fingerprint density at radius 3 is 2.71 bits per heavy atom. The van der Waals surface area contributed by atoms with Crippen LogP contribution in [0.5, 0.6) is 5.75 Å². The van der Waals surface area contributed by atoms with Gasteiger partial charge in [0.25, 0.3) is 11.6 Å². The lowest BCUT2D eigenvalue weighted by Gasteiger charge is -2.34. The fraction of sp³-hybridized carbons (Fsp3) is 0.381. The Hall–Kier alpha value is -2.93. The number of nitro benzene ring substituents is 1. The van der Waals surface area contributed by atoms with E-state index in [2.05, 4.69) is 0 Å². The highest BCUT2D eigenvalue weighted by atomic mass is 16.6. The number of nitrogens with zero attached hydrogens (tertiary/aromatic N) is 2. The van der Waals surface area contributed by atoms with Crippen LogP contribution in [-0.2, 0) is 6.61 Å². The average molecular weight is 384 g/mol. The lowest BCUT2D eigenvalue weighted by molar-refractivity contribution is -0.385. The van der Waals surface area contributed by atoms with Gasteiger partial charge in [0.2, 0.25) is 0 Å². The topological polar surface area (TPSA) is 92.9 Å². The van der Waals surface area contributed by atoms with E-state index in [0.29, 0.717) is 24.3 Å². The van der Waals surface area contributed by atoms with Crippen LogP contribution >= 0.6 is 0 Å². The van der Waals surface area contributed by atoms with Crippen molar-refractivity contribution in [3.05, 3.63) is 69.3 Å². The highest BCUT2D eigenvalue weighted by Gasteiger charge is 2.32. The molecule has 1 aliphatic heterocycles. The Labute approximate surface area is 163 Å². The molecule has 1 saturated heterocycles. The molecule has 0 bridgehead atoms. The largest absolute Gasteiger partial charge is 0.488 e. The van der Waals surface area contributed by atoms with Crippen LogP contribution in [0.25, 0.3) is 0 Å². The van der Waals surface area contributed by atoms with Gasteiger partial charge >= 0.3 is 0 Å². The van der Waals surface area contributed by atoms with Gasteiger partial charge in [-0.1, -0.05) is 30.3 Å². The SMILES string of the molecule is Cc1cc(C(=O)N2CCCC[C@H]2CO)c([N+](=O)[O-])cc1OCc1ccccc1. The van der Waals surface area contributed by atoms with Crippen molar-refractivity contribution in [2.24, 2.45) is 0 Å². The molecule has 148 valence electrons. The fourth-order valence-corrected chi connectivity index (χ4v) is 3.50. The zero-order valence-electron chi connectivity index (χ0n) is 15.8. The second-order valence-corrected chi connectivity index (χ2v) is 7.00. The Kier molecular flexibility index (Phi) is 6.26. The molecule has 0 radical (unpaired) electrons. The van der Waals surface area contributed by atoms with E-state index < -0.39 is 10.8 Å². The fourth-order valence-electron chi connectivity index (χ4n) is 3.50. The van der Waals surface area contributed by atoms with Gasteiger partial charge in [0, 0.05) is 6.54 Å². The van der Waals surface area contributed by atoms with Crippen LogP contribution < -0.4 is 4.74 Å². The van der Waals surface area contributed by atoms with Crippen molar-refractivity contribution in [2.45, 2.75) is 38.8 Å². The van der Waals surface area contributed by atoms with Crippen molar-refractivity contribution in [1.29, 1.82) is 0 Å². The first-order valence-corrected chi connectivity index (χ1v) is 9.39. The number of piperidine rings is 1. The van der Waals surface area contributed by atoms with Crippen molar-refractivity contribution in [3.8, 4) is 5.75 Å². The number of rotatable bonds is 6. The number of amides is 1. The van der Waals surface area contributed by atoms with Crippen LogP contribution in [0.4, 0.5) is 5.69 Å². The smallest absolute Gasteiger partial charge is 0.285 e. The van der Waals surface area contributed by atoms with Gasteiger partial charge in [0.1, 0.15) is 17.9 Å². The van der Waals surface area contributed by atoms with Crippen molar-refractivity contribution in [1.82, 2.24) is 4.90 Å². The van der Waals surface area contributed by atoms with Gasteiger partial charge < -0.3 is 14.7 Å². The van der Waals surface area contributed by atoms with Gasteiger partial charge in [0.15, 0.2) is 0 Å². The summed E-state index contributed by atoms with van der Waals surface area (Å²) in [4.78, 5) is 25.6. The van der Waals surface area contributed by atoms with Crippen LogP contribution in [-0.4, -0.2) is 40.0 Å². The molecule has 1 N–H and O–H groups in total. The number of likely N-dealkylation sites (tertiary alicyclic amines) is 1. The number of aryl methyl sites for hydroxylation is 1. The second-order valence-electron chi connectivity index (χ2n) is 7.00. The Balaban J connectivity index is 1.88. The molecule has 7 nitrogen and oxygen atoms in total. The summed E-state index contributed by atoms with van der Waals surface area (Å²) in [5, 5.41) is 21.2. The standard InChI is InChI=1S/C21H24N2O5/c1-15-11-18(21(25)22-10-6-5-9-17(22)13-24)19(23(26)27)12-20(15)28-14-16-7-3-2-4-8-16/h2-4,7-8,11-12,17,24H,5-6,9-10,13-14H2,1H3/t17-/m0/s1. The second kappa shape index (κ2) is 8.84. The summed E-state index contributed by atoms with van der Waals surface area (Å²) < 4.78 is 5.77. The van der Waals surface area contributed by atoms with Crippen molar-refractivity contribution >= 4 is 11.6 Å². The third-order valence-corrected chi connectivity index (χ3v) is 5.06. The van der Waals surface area contributed by atoms with Gasteiger partial charge in [0.05, 0.1) is 23.6 Å². The molecule has 1 amide bonds. The molecule has 0 saturated carbocycles. The van der Waals surface area contributed by atoms with Gasteiger partial charge in [-0.2, -0.15) is 0 Å². The number of hydrogen-bond acceptors (Lipinski definition) is 5. The third kappa shape index (κ3) is 4.31. The average Bonchev–Trinajstić information content (AvgIpc) is 2.72. The maximum absolute atomic E-state index is 13.0. The zero-order chi connectivity index (χ0) is 20.1. The molecule has 0 aliphatic carbocycles. The molecule has 2 aromatic carbocycles. The first-order chi connectivity index (χ1) is 13.5. The summed E-state index contributed by atoms with van der Waals surface area (Å²) in [5.41, 5.74) is 1.36. The minimum atomic E-state index is -0.556. The van der Waals surface area contributed by atoms with Crippen LogP contribution in [0.2, 0.25) is 0 Å². The van der Waals surface area contributed by atoms with Crippen molar-refractivity contribution < 1.29 is 19.6 Å². The highest BCUT2D eigenvalue weighted by Crippen LogP contribution is 2.31. The molecule has 0 aromatic heterocycles. The van der Waals surface area contributed by atoms with E-state index in [1.165, 1.54) is 12.1 Å². The predicted octanol–water partition coefficient (Wildman–Crippen LogP) is 3.47. The molecule has 1 heterocycles. The monoisotopic (exact) mass is 384 g/mol. The number of hydrogen-bond donors (Lipinski definition) is 1. The number of ether oxygens (including phenoxy) is 1. The van der Waals surface area contributed by atoms with Gasteiger partial charge in [-0.25, -0.2) is 0 Å². The molecule has 0 unspecified atom stereocenters. The van der Waals surface area contributed by atoms with E-state index >= 15 is 0 Å². The Morgan fingerprint density at radius 1 is 1.29 bits per heavy atom. The van der Waals surface area contributed by atoms with E-state index in [1.807, 2.05) is 30.3 Å². The molecule has 3 rings (SSSR count). The van der Waals surface area contributed by atoms with E-state index in [1.54, 1.807) is 11.8 Å². The lowest BCUT2D eigenvalue weighted by atomic mass is 10.00. The van der Waals surface area contributed by atoms with Crippen molar-refractivity contribution in [3.63, 3.8) is 0 Å². The van der Waals surface area contributed by atoms with Gasteiger partial charge in [-0.15, -0.1) is 0 Å². The van der Waals surface area contributed by atoms with Crippen LogP contribution in [0, 0.1) is 17.0 Å². The minimum Gasteiger partial charge on any atom is -0.488 e. The Morgan fingerprint density at radius 2 is 2.04 bits per heavy atom. The first-order valence-electron chi connectivity index (χ1n) is 9.39. The molecule has 1 atom stereocenters. The lowest BCUT2D eigenvalue weighted by Crippen LogP contribution is -2.45. The number of aliphatic hydroxyl groups is 1. The van der Waals surface area contributed by atoms with E-state index in [9.17, 15) is 20.0 Å². The molecule has 1 aliphatic rings. The normalized spacial score (nSPS) is 16.6. The van der Waals surface area contributed by atoms with E-state index in [0.717, 1.165) is 18.4 Å². The van der Waals surface area contributed by atoms with Crippen molar-refractivity contribution in [2.75, 3.05) is 13.2 Å². The molecule has 28 heavy (non-hydrogen) atoms. The Bertz CT molecular complexity index is 853. The number of nitro groups is 1. The maximum Gasteiger partial charge on any atom is 0.285 e. The minimum absolute atomic E-state index is 0.0370. The highest BCUT2D eigenvalue weighted by molar-refractivity contribution is 5.99. The summed E-state index contributed by atoms with van der Waals surface area (Å²) in [6.07, 6.45) is 2.46. The molecule has 2 aromatic rings. The van der Waals surface area contributed by atoms with E-state index in [4.69, 9.17) is 4.74 Å².